The Balaban J connectivity index is 1.42. The third-order valence-electron chi connectivity index (χ3n) is 5.42. The first kappa shape index (κ1) is 20.2. The van der Waals surface area contributed by atoms with E-state index in [-0.39, 0.29) is 31.5 Å². The van der Waals surface area contributed by atoms with Gasteiger partial charge in [-0.2, -0.15) is 0 Å². The molecule has 0 aliphatic carbocycles. The maximum atomic E-state index is 12.7. The summed E-state index contributed by atoms with van der Waals surface area (Å²) >= 11 is 12.5. The van der Waals surface area contributed by atoms with Gasteiger partial charge in [0.15, 0.2) is 0 Å². The van der Waals surface area contributed by atoms with Crippen molar-refractivity contribution in [2.45, 2.75) is 18.4 Å². The molecular weight excluding hydrogens is 441 g/mol. The van der Waals surface area contributed by atoms with Crippen molar-refractivity contribution in [1.29, 1.82) is 0 Å². The fourth-order valence-electron chi connectivity index (χ4n) is 3.99. The molecule has 5 rings (SSSR count). The molecule has 3 heterocycles. The molecule has 7 nitrogen and oxygen atoms in total. The molecule has 0 bridgehead atoms. The number of carbonyl (C=O) groups is 2. The molecule has 0 radical (unpaired) electrons. The maximum absolute atomic E-state index is 12.7. The molecule has 2 amide bonds. The number of carbonyl (C=O) groups excluding carboxylic acids is 2. The maximum Gasteiger partial charge on any atom is 0.261 e. The Kier molecular flexibility index (Phi) is 5.06. The van der Waals surface area contributed by atoms with Gasteiger partial charge in [-0.05, 0) is 24.3 Å². The van der Waals surface area contributed by atoms with E-state index in [1.807, 2.05) is 4.57 Å². The highest BCUT2D eigenvalue weighted by Crippen LogP contribution is 2.41. The van der Waals surface area contributed by atoms with Gasteiger partial charge in [-0.1, -0.05) is 41.4 Å². The van der Waals surface area contributed by atoms with Gasteiger partial charge in [-0.15, -0.1) is 0 Å². The van der Waals surface area contributed by atoms with Gasteiger partial charge in [0.1, 0.15) is 6.10 Å². The van der Waals surface area contributed by atoms with Crippen LogP contribution in [0.5, 0.6) is 0 Å². The smallest absolute Gasteiger partial charge is 0.261 e. The van der Waals surface area contributed by atoms with E-state index in [0.717, 1.165) is 0 Å². The number of hydrogen-bond donors (Lipinski definition) is 0. The molecule has 31 heavy (non-hydrogen) atoms. The highest BCUT2D eigenvalue weighted by molar-refractivity contribution is 6.35. The van der Waals surface area contributed by atoms with E-state index >= 15 is 0 Å². The fraction of sp³-hybridized carbons (Fsp3) is 0.227. The average Bonchev–Trinajstić information content (AvgIpc) is 3.46. The van der Waals surface area contributed by atoms with Crippen molar-refractivity contribution in [3.63, 3.8) is 0 Å². The molecule has 0 N–H and O–H groups in total. The molecule has 2 atom stereocenters. The summed E-state index contributed by atoms with van der Waals surface area (Å²) in [6, 6.07) is 11.9. The lowest BCUT2D eigenvalue weighted by atomic mass is 10.1. The predicted molar refractivity (Wildman–Crippen MR) is 113 cm³/mol. The Labute approximate surface area is 188 Å². The number of aromatic nitrogens is 2. The molecular formula is C22H17Cl2N3O4. The van der Waals surface area contributed by atoms with E-state index in [1.165, 1.54) is 4.90 Å². The quantitative estimate of drug-likeness (QED) is 0.545. The van der Waals surface area contributed by atoms with Crippen molar-refractivity contribution >= 4 is 35.0 Å². The van der Waals surface area contributed by atoms with E-state index < -0.39 is 11.9 Å². The van der Waals surface area contributed by atoms with Gasteiger partial charge in [-0.3, -0.25) is 14.5 Å². The van der Waals surface area contributed by atoms with Gasteiger partial charge in [0.2, 0.25) is 5.79 Å². The van der Waals surface area contributed by atoms with Gasteiger partial charge in [0, 0.05) is 23.0 Å². The van der Waals surface area contributed by atoms with Crippen LogP contribution in [0.25, 0.3) is 0 Å². The first-order chi connectivity index (χ1) is 15.0. The van der Waals surface area contributed by atoms with Crippen LogP contribution in [0, 0.1) is 0 Å². The lowest BCUT2D eigenvalue weighted by Crippen LogP contribution is -2.39. The van der Waals surface area contributed by atoms with Crippen molar-refractivity contribution in [2.24, 2.45) is 0 Å². The van der Waals surface area contributed by atoms with Crippen molar-refractivity contribution in [3.8, 4) is 0 Å². The Morgan fingerprint density at radius 3 is 2.48 bits per heavy atom. The molecule has 0 saturated carbocycles. The number of benzene rings is 2. The molecule has 3 aromatic rings. The van der Waals surface area contributed by atoms with Crippen molar-refractivity contribution in [3.05, 3.63) is 87.9 Å². The van der Waals surface area contributed by atoms with Crippen LogP contribution in [-0.2, 0) is 21.8 Å². The van der Waals surface area contributed by atoms with Gasteiger partial charge >= 0.3 is 0 Å². The number of imidazole rings is 1. The van der Waals surface area contributed by atoms with Gasteiger partial charge in [0.05, 0.1) is 42.2 Å². The number of imide groups is 1. The fourth-order valence-corrected chi connectivity index (χ4v) is 4.54. The topological polar surface area (TPSA) is 73.7 Å². The minimum atomic E-state index is -1.22. The van der Waals surface area contributed by atoms with Gasteiger partial charge in [-0.25, -0.2) is 4.98 Å². The number of fused-ring (bicyclic) bond motifs is 1. The molecule has 1 saturated heterocycles. The third-order valence-corrected chi connectivity index (χ3v) is 5.96. The Morgan fingerprint density at radius 2 is 1.84 bits per heavy atom. The highest BCUT2D eigenvalue weighted by atomic mass is 35.5. The van der Waals surface area contributed by atoms with Crippen molar-refractivity contribution < 1.29 is 19.1 Å². The van der Waals surface area contributed by atoms with Crippen LogP contribution in [0.15, 0.2) is 61.2 Å². The van der Waals surface area contributed by atoms with Crippen LogP contribution in [0.3, 0.4) is 0 Å². The minimum Gasteiger partial charge on any atom is -0.342 e. The van der Waals surface area contributed by atoms with Crippen LogP contribution in [0.2, 0.25) is 10.0 Å². The third kappa shape index (κ3) is 3.53. The zero-order valence-electron chi connectivity index (χ0n) is 16.2. The second-order valence-electron chi connectivity index (χ2n) is 7.43. The summed E-state index contributed by atoms with van der Waals surface area (Å²) in [5, 5.41) is 0.890. The van der Waals surface area contributed by atoms with Crippen LogP contribution >= 0.6 is 23.2 Å². The lowest BCUT2D eigenvalue weighted by molar-refractivity contribution is -0.187. The van der Waals surface area contributed by atoms with E-state index in [2.05, 4.69) is 4.98 Å². The summed E-state index contributed by atoms with van der Waals surface area (Å²) in [6.45, 7) is 0.539. The largest absolute Gasteiger partial charge is 0.342 e. The van der Waals surface area contributed by atoms with Gasteiger partial charge < -0.3 is 14.0 Å². The van der Waals surface area contributed by atoms with Crippen LogP contribution in [0.4, 0.5) is 0 Å². The molecule has 2 aliphatic rings. The second-order valence-corrected chi connectivity index (χ2v) is 8.27. The molecule has 1 fully saturated rings. The first-order valence-electron chi connectivity index (χ1n) is 9.65. The molecule has 158 valence electrons. The number of halogens is 2. The summed E-state index contributed by atoms with van der Waals surface area (Å²) in [7, 11) is 0. The van der Waals surface area contributed by atoms with E-state index in [0.29, 0.717) is 26.7 Å². The summed E-state index contributed by atoms with van der Waals surface area (Å²) < 4.78 is 14.3. The summed E-state index contributed by atoms with van der Waals surface area (Å²) in [6.07, 6.45) is 4.56. The summed E-state index contributed by atoms with van der Waals surface area (Å²) in [5.74, 6) is -1.88. The van der Waals surface area contributed by atoms with Crippen LogP contribution in [0.1, 0.15) is 26.3 Å². The van der Waals surface area contributed by atoms with Crippen molar-refractivity contribution in [2.75, 3.05) is 13.2 Å². The zero-order valence-corrected chi connectivity index (χ0v) is 17.7. The lowest BCUT2D eigenvalue weighted by Gasteiger charge is -2.30. The second kappa shape index (κ2) is 7.76. The van der Waals surface area contributed by atoms with Crippen molar-refractivity contribution in [1.82, 2.24) is 14.5 Å². The SMILES string of the molecule is O=C1c2ccccc2C(=O)N1C[C@H]1CO[C@](Cn2ccnc2)(c2ccc(Cl)cc2Cl)O1. The minimum absolute atomic E-state index is 0.0727. The predicted octanol–water partition coefficient (Wildman–Crippen LogP) is 3.75. The molecule has 0 unspecified atom stereocenters. The molecule has 1 aromatic heterocycles. The first-order valence-corrected chi connectivity index (χ1v) is 10.4. The Hall–Kier alpha value is -2.71. The summed E-state index contributed by atoms with van der Waals surface area (Å²) in [5.41, 5.74) is 1.41. The highest BCUT2D eigenvalue weighted by Gasteiger charge is 2.47. The standard InChI is InChI=1S/C22H17Cl2N3O4/c23-14-5-6-18(19(24)9-14)22(12-26-8-7-25-13-26)30-11-15(31-22)10-27-20(28)16-3-1-2-4-17(16)21(27)29/h1-9,13,15H,10-12H2/t15-,22-/m0/s1. The summed E-state index contributed by atoms with van der Waals surface area (Å²) in [4.78, 5) is 30.7. The normalized spacial score (nSPS) is 22.9. The molecule has 9 heteroatoms. The van der Waals surface area contributed by atoms with E-state index in [4.69, 9.17) is 32.7 Å². The zero-order chi connectivity index (χ0) is 21.6. The number of amides is 2. The van der Waals surface area contributed by atoms with E-state index in [1.54, 1.807) is 61.2 Å². The van der Waals surface area contributed by atoms with Crippen LogP contribution < -0.4 is 0 Å². The van der Waals surface area contributed by atoms with Gasteiger partial charge in [0.25, 0.3) is 11.8 Å². The number of hydrogen-bond acceptors (Lipinski definition) is 5. The molecule has 2 aliphatic heterocycles. The number of rotatable bonds is 5. The number of nitrogens with zero attached hydrogens (tertiary/aromatic N) is 3. The molecule has 0 spiro atoms. The monoisotopic (exact) mass is 457 g/mol. The molecule has 2 aromatic carbocycles. The number of ether oxygens (including phenoxy) is 2. The Bertz CT molecular complexity index is 1130. The average molecular weight is 458 g/mol. The van der Waals surface area contributed by atoms with Crippen LogP contribution in [-0.4, -0.2) is 45.5 Å². The van der Waals surface area contributed by atoms with E-state index in [9.17, 15) is 9.59 Å². The Morgan fingerprint density at radius 1 is 1.10 bits per heavy atom.